The van der Waals surface area contributed by atoms with Crippen LogP contribution in [0, 0.1) is 5.92 Å². The Morgan fingerprint density at radius 3 is 2.75 bits per heavy atom. The zero-order valence-electron chi connectivity index (χ0n) is 19.4. The molecule has 2 aliphatic heterocycles. The summed E-state index contributed by atoms with van der Waals surface area (Å²) in [5.74, 6) is 1.57. The highest BCUT2D eigenvalue weighted by molar-refractivity contribution is 14.0. The van der Waals surface area contributed by atoms with E-state index in [0.29, 0.717) is 5.92 Å². The number of hydrogen-bond acceptors (Lipinski definition) is 4. The maximum atomic E-state index is 4.49. The summed E-state index contributed by atoms with van der Waals surface area (Å²) in [7, 11) is 1.87. The Balaban J connectivity index is 0.00000289. The molecule has 4 rings (SSSR count). The van der Waals surface area contributed by atoms with Crippen molar-refractivity contribution in [2.45, 2.75) is 45.2 Å². The zero-order chi connectivity index (χ0) is 21.5. The van der Waals surface area contributed by atoms with E-state index in [2.05, 4.69) is 74.1 Å². The van der Waals surface area contributed by atoms with E-state index < -0.39 is 0 Å². The van der Waals surface area contributed by atoms with Crippen LogP contribution in [0.25, 0.3) is 0 Å². The van der Waals surface area contributed by atoms with Crippen molar-refractivity contribution in [3.63, 3.8) is 0 Å². The minimum absolute atomic E-state index is 0. The second-order valence-corrected chi connectivity index (χ2v) is 9.96. The molecule has 0 aliphatic carbocycles. The Labute approximate surface area is 214 Å². The molecule has 0 bridgehead atoms. The van der Waals surface area contributed by atoms with Gasteiger partial charge in [0.15, 0.2) is 5.96 Å². The van der Waals surface area contributed by atoms with E-state index in [9.17, 15) is 0 Å². The minimum Gasteiger partial charge on any atom is -0.372 e. The van der Waals surface area contributed by atoms with Crippen LogP contribution in [0.3, 0.4) is 0 Å². The number of rotatable bonds is 7. The lowest BCUT2D eigenvalue weighted by Gasteiger charge is -2.33. The monoisotopic (exact) mass is 567 g/mol. The number of aliphatic imine (C=N–C) groups is 1. The third kappa shape index (κ3) is 7.09. The Bertz CT molecular complexity index is 835. The summed E-state index contributed by atoms with van der Waals surface area (Å²) in [4.78, 5) is 11.1. The van der Waals surface area contributed by atoms with E-state index in [1.165, 1.54) is 61.4 Å². The van der Waals surface area contributed by atoms with Crippen molar-refractivity contribution in [3.8, 4) is 0 Å². The molecular formula is C25H38IN5S. The summed E-state index contributed by atoms with van der Waals surface area (Å²) in [6.45, 7) is 9.02. The predicted molar refractivity (Wildman–Crippen MR) is 149 cm³/mol. The van der Waals surface area contributed by atoms with Crippen molar-refractivity contribution >= 4 is 47.0 Å². The number of thiophene rings is 1. The van der Waals surface area contributed by atoms with Gasteiger partial charge in [-0.25, -0.2) is 0 Å². The van der Waals surface area contributed by atoms with Gasteiger partial charge in [0.05, 0.1) is 6.04 Å². The van der Waals surface area contributed by atoms with Crippen LogP contribution >= 0.6 is 35.3 Å². The van der Waals surface area contributed by atoms with Gasteiger partial charge in [0.1, 0.15) is 0 Å². The molecule has 5 nitrogen and oxygen atoms in total. The molecule has 176 valence electrons. The van der Waals surface area contributed by atoms with Gasteiger partial charge in [-0.05, 0) is 74.2 Å². The van der Waals surface area contributed by atoms with Crippen LogP contribution in [0.15, 0.2) is 46.8 Å². The molecule has 0 saturated carbocycles. The summed E-state index contributed by atoms with van der Waals surface area (Å²) in [5, 5.41) is 9.37. The van der Waals surface area contributed by atoms with Crippen LogP contribution in [0.2, 0.25) is 0 Å². The quantitative estimate of drug-likeness (QED) is 0.278. The highest BCUT2D eigenvalue weighted by Crippen LogP contribution is 2.24. The van der Waals surface area contributed by atoms with Gasteiger partial charge in [-0.1, -0.05) is 18.2 Å². The van der Waals surface area contributed by atoms with Gasteiger partial charge in [-0.2, -0.15) is 0 Å². The van der Waals surface area contributed by atoms with Gasteiger partial charge in [-0.15, -0.1) is 35.3 Å². The highest BCUT2D eigenvalue weighted by Gasteiger charge is 2.21. The number of likely N-dealkylation sites (tertiary alicyclic amines) is 1. The first kappa shape index (κ1) is 25.3. The smallest absolute Gasteiger partial charge is 0.191 e. The number of benzene rings is 1. The fraction of sp³-hybridized carbons (Fsp3) is 0.560. The minimum atomic E-state index is 0. The first-order valence-electron chi connectivity index (χ1n) is 11.8. The molecule has 2 fully saturated rings. The SMILES string of the molecule is CN=C(NCC1CCCN(Cc2cccs2)C1)NC(C)c1cccc(N2CCCC2)c1.I. The molecule has 0 radical (unpaired) electrons. The number of nitrogens with one attached hydrogen (secondary N) is 2. The Morgan fingerprint density at radius 1 is 1.16 bits per heavy atom. The van der Waals surface area contributed by atoms with Gasteiger partial charge < -0.3 is 15.5 Å². The summed E-state index contributed by atoms with van der Waals surface area (Å²) in [6, 6.07) is 13.6. The van der Waals surface area contributed by atoms with E-state index in [1.807, 2.05) is 18.4 Å². The fourth-order valence-electron chi connectivity index (χ4n) is 4.77. The summed E-state index contributed by atoms with van der Waals surface area (Å²) >= 11 is 1.86. The standard InChI is InChI=1S/C25H37N5S.HI/c1-20(22-9-5-10-23(16-22)30-13-3-4-14-30)28-25(26-2)27-17-21-8-6-12-29(18-21)19-24-11-7-15-31-24;/h5,7,9-11,15-16,20-21H,3-4,6,8,12-14,17-19H2,1-2H3,(H2,26,27,28);1H. The third-order valence-electron chi connectivity index (χ3n) is 6.54. The van der Waals surface area contributed by atoms with Gasteiger partial charge in [0, 0.05) is 50.3 Å². The van der Waals surface area contributed by atoms with Crippen LogP contribution < -0.4 is 15.5 Å². The van der Waals surface area contributed by atoms with Crippen molar-refractivity contribution in [2.75, 3.05) is 44.7 Å². The molecule has 0 amide bonds. The molecule has 32 heavy (non-hydrogen) atoms. The highest BCUT2D eigenvalue weighted by atomic mass is 127. The molecule has 2 N–H and O–H groups in total. The van der Waals surface area contributed by atoms with Crippen molar-refractivity contribution in [3.05, 3.63) is 52.2 Å². The molecule has 2 aliphatic rings. The lowest BCUT2D eigenvalue weighted by molar-refractivity contribution is 0.169. The van der Waals surface area contributed by atoms with E-state index in [-0.39, 0.29) is 30.0 Å². The second-order valence-electron chi connectivity index (χ2n) is 8.93. The van der Waals surface area contributed by atoms with Crippen molar-refractivity contribution < 1.29 is 0 Å². The molecule has 2 atom stereocenters. The van der Waals surface area contributed by atoms with Gasteiger partial charge in [0.25, 0.3) is 0 Å². The number of hydrogen-bond donors (Lipinski definition) is 2. The van der Waals surface area contributed by atoms with Gasteiger partial charge in [-0.3, -0.25) is 9.89 Å². The fourth-order valence-corrected chi connectivity index (χ4v) is 5.52. The Morgan fingerprint density at radius 2 is 2.00 bits per heavy atom. The second kappa shape index (κ2) is 12.8. The van der Waals surface area contributed by atoms with Crippen LogP contribution in [0.5, 0.6) is 0 Å². The van der Waals surface area contributed by atoms with Gasteiger partial charge >= 0.3 is 0 Å². The summed E-state index contributed by atoms with van der Waals surface area (Å²) < 4.78 is 0. The van der Waals surface area contributed by atoms with Crippen molar-refractivity contribution in [2.24, 2.45) is 10.9 Å². The molecule has 0 spiro atoms. The number of piperidine rings is 1. The third-order valence-corrected chi connectivity index (χ3v) is 7.40. The van der Waals surface area contributed by atoms with Gasteiger partial charge in [0.2, 0.25) is 0 Å². The molecule has 7 heteroatoms. The predicted octanol–water partition coefficient (Wildman–Crippen LogP) is 5.10. The zero-order valence-corrected chi connectivity index (χ0v) is 22.6. The number of anilines is 1. The number of guanidine groups is 1. The molecule has 2 aromatic rings. The molecule has 1 aromatic heterocycles. The largest absolute Gasteiger partial charge is 0.372 e. The molecular weight excluding hydrogens is 529 g/mol. The average molecular weight is 568 g/mol. The van der Waals surface area contributed by atoms with Crippen molar-refractivity contribution in [1.82, 2.24) is 15.5 Å². The first-order valence-corrected chi connectivity index (χ1v) is 12.7. The summed E-state index contributed by atoms with van der Waals surface area (Å²) in [6.07, 6.45) is 5.18. The molecule has 3 heterocycles. The van der Waals surface area contributed by atoms with E-state index in [1.54, 1.807) is 0 Å². The van der Waals surface area contributed by atoms with E-state index >= 15 is 0 Å². The maximum Gasteiger partial charge on any atom is 0.191 e. The van der Waals surface area contributed by atoms with Crippen LogP contribution in [0.4, 0.5) is 5.69 Å². The van der Waals surface area contributed by atoms with E-state index in [4.69, 9.17) is 0 Å². The Kier molecular flexibility index (Phi) is 10.1. The normalized spacial score (nSPS) is 20.6. The molecule has 2 unspecified atom stereocenters. The van der Waals surface area contributed by atoms with Crippen LogP contribution in [0.1, 0.15) is 49.1 Å². The number of halogens is 1. The average Bonchev–Trinajstić information content (AvgIpc) is 3.51. The van der Waals surface area contributed by atoms with E-state index in [0.717, 1.165) is 25.6 Å². The maximum absolute atomic E-state index is 4.49. The molecule has 1 aromatic carbocycles. The van der Waals surface area contributed by atoms with Crippen LogP contribution in [-0.4, -0.2) is 50.6 Å². The number of nitrogens with zero attached hydrogens (tertiary/aromatic N) is 3. The lowest BCUT2D eigenvalue weighted by Crippen LogP contribution is -2.44. The van der Waals surface area contributed by atoms with Crippen molar-refractivity contribution in [1.29, 1.82) is 0 Å². The Hall–Kier alpha value is -1.32. The summed E-state index contributed by atoms with van der Waals surface area (Å²) in [5.41, 5.74) is 2.66. The molecule has 2 saturated heterocycles. The first-order chi connectivity index (χ1) is 15.2. The lowest BCUT2D eigenvalue weighted by atomic mass is 9.98. The van der Waals surface area contributed by atoms with Crippen LogP contribution in [-0.2, 0) is 6.54 Å². The topological polar surface area (TPSA) is 42.9 Å².